The molecule has 1 heterocycles. The number of carboxylic acid groups (broad SMARTS) is 1. The molecule has 20 heavy (non-hydrogen) atoms. The Kier molecular flexibility index (Phi) is 5.61. The number of nitrogens with zero attached hydrogens (tertiary/aromatic N) is 1. The van der Waals surface area contributed by atoms with Gasteiger partial charge in [0.1, 0.15) is 0 Å². The van der Waals surface area contributed by atoms with Gasteiger partial charge in [-0.1, -0.05) is 35.0 Å². The molecule has 1 fully saturated rings. The molecule has 0 amide bonds. The number of aliphatic carboxylic acids is 1. The molecule has 0 saturated carbocycles. The summed E-state index contributed by atoms with van der Waals surface area (Å²) in [4.78, 5) is 13.3. The van der Waals surface area contributed by atoms with Crippen LogP contribution >= 0.6 is 15.9 Å². The summed E-state index contributed by atoms with van der Waals surface area (Å²) in [6.07, 6.45) is 3.41. The molecule has 1 N–H and O–H groups in total. The molecule has 0 spiro atoms. The molecule has 1 saturated heterocycles. The molecular formula is C16H22BrNO2. The van der Waals surface area contributed by atoms with Gasteiger partial charge in [0.25, 0.3) is 0 Å². The van der Waals surface area contributed by atoms with E-state index in [4.69, 9.17) is 5.11 Å². The molecule has 0 aromatic heterocycles. The SMILES string of the molecule is CCC(c1ccc(Br)cc1)N1CCC(CC(=O)O)CC1. The number of hydrogen-bond donors (Lipinski definition) is 1. The van der Waals surface area contributed by atoms with E-state index in [0.717, 1.165) is 36.8 Å². The van der Waals surface area contributed by atoms with Crippen LogP contribution < -0.4 is 0 Å². The van der Waals surface area contributed by atoms with E-state index in [1.54, 1.807) is 0 Å². The second-order valence-corrected chi connectivity index (χ2v) is 6.47. The number of carboxylic acids is 1. The first-order chi connectivity index (χ1) is 9.60. The molecule has 1 aromatic rings. The second-order valence-electron chi connectivity index (χ2n) is 5.55. The Labute approximate surface area is 129 Å². The largest absolute Gasteiger partial charge is 0.481 e. The standard InChI is InChI=1S/C16H22BrNO2/c1-2-15(13-3-5-14(17)6-4-13)18-9-7-12(8-10-18)11-16(19)20/h3-6,12,15H,2,7-11H2,1H3,(H,19,20). The topological polar surface area (TPSA) is 40.5 Å². The van der Waals surface area contributed by atoms with Gasteiger partial charge in [0.2, 0.25) is 0 Å². The number of halogens is 1. The molecule has 1 aromatic carbocycles. The minimum Gasteiger partial charge on any atom is -0.481 e. The third-order valence-electron chi connectivity index (χ3n) is 4.19. The highest BCUT2D eigenvalue weighted by Gasteiger charge is 2.26. The first-order valence-corrected chi connectivity index (χ1v) is 8.10. The summed E-state index contributed by atoms with van der Waals surface area (Å²) in [5, 5.41) is 8.87. The lowest BCUT2D eigenvalue weighted by Gasteiger charge is -2.37. The number of benzene rings is 1. The Hall–Kier alpha value is -0.870. The normalized spacial score (nSPS) is 18.9. The molecule has 0 radical (unpaired) electrons. The fraction of sp³-hybridized carbons (Fsp3) is 0.562. The first-order valence-electron chi connectivity index (χ1n) is 7.31. The van der Waals surface area contributed by atoms with Crippen molar-refractivity contribution < 1.29 is 9.90 Å². The molecule has 1 aliphatic rings. The van der Waals surface area contributed by atoms with Crippen LogP contribution in [-0.2, 0) is 4.79 Å². The second kappa shape index (κ2) is 7.23. The van der Waals surface area contributed by atoms with Crippen LogP contribution in [-0.4, -0.2) is 29.1 Å². The lowest BCUT2D eigenvalue weighted by Crippen LogP contribution is -2.37. The van der Waals surface area contributed by atoms with Crippen LogP contribution in [0, 0.1) is 5.92 Å². The van der Waals surface area contributed by atoms with Crippen molar-refractivity contribution in [3.63, 3.8) is 0 Å². The summed E-state index contributed by atoms with van der Waals surface area (Å²) in [7, 11) is 0. The lowest BCUT2D eigenvalue weighted by molar-refractivity contribution is -0.138. The van der Waals surface area contributed by atoms with Gasteiger partial charge in [-0.2, -0.15) is 0 Å². The van der Waals surface area contributed by atoms with Gasteiger partial charge in [-0.05, 0) is 56.0 Å². The summed E-state index contributed by atoms with van der Waals surface area (Å²) < 4.78 is 1.11. The summed E-state index contributed by atoms with van der Waals surface area (Å²) in [6, 6.07) is 9.00. The number of likely N-dealkylation sites (tertiary alicyclic amines) is 1. The van der Waals surface area contributed by atoms with Gasteiger partial charge in [0, 0.05) is 16.9 Å². The van der Waals surface area contributed by atoms with E-state index < -0.39 is 5.97 Å². The quantitative estimate of drug-likeness (QED) is 0.878. The van der Waals surface area contributed by atoms with Crippen LogP contribution in [0.5, 0.6) is 0 Å². The first kappa shape index (κ1) is 15.5. The highest BCUT2D eigenvalue weighted by atomic mass is 79.9. The van der Waals surface area contributed by atoms with E-state index in [9.17, 15) is 4.79 Å². The van der Waals surface area contributed by atoms with Crippen molar-refractivity contribution in [3.05, 3.63) is 34.3 Å². The van der Waals surface area contributed by atoms with Gasteiger partial charge in [0.15, 0.2) is 0 Å². The predicted molar refractivity (Wildman–Crippen MR) is 83.7 cm³/mol. The summed E-state index contributed by atoms with van der Waals surface area (Å²) >= 11 is 3.47. The molecular weight excluding hydrogens is 318 g/mol. The van der Waals surface area contributed by atoms with E-state index in [1.165, 1.54) is 5.56 Å². The third-order valence-corrected chi connectivity index (χ3v) is 4.72. The zero-order chi connectivity index (χ0) is 14.5. The van der Waals surface area contributed by atoms with E-state index in [2.05, 4.69) is 52.0 Å². The molecule has 0 bridgehead atoms. The van der Waals surface area contributed by atoms with Gasteiger partial charge in [-0.3, -0.25) is 9.69 Å². The van der Waals surface area contributed by atoms with E-state index in [1.807, 2.05) is 0 Å². The van der Waals surface area contributed by atoms with Crippen molar-refractivity contribution in [1.29, 1.82) is 0 Å². The fourth-order valence-electron chi connectivity index (χ4n) is 3.11. The lowest BCUT2D eigenvalue weighted by atomic mass is 9.91. The van der Waals surface area contributed by atoms with E-state index in [0.29, 0.717) is 18.4 Å². The van der Waals surface area contributed by atoms with Gasteiger partial charge in [0.05, 0.1) is 0 Å². The van der Waals surface area contributed by atoms with Crippen molar-refractivity contribution in [1.82, 2.24) is 4.90 Å². The monoisotopic (exact) mass is 339 g/mol. The van der Waals surface area contributed by atoms with Gasteiger partial charge in [-0.25, -0.2) is 0 Å². The summed E-state index contributed by atoms with van der Waals surface area (Å²) in [6.45, 7) is 4.23. The van der Waals surface area contributed by atoms with Crippen molar-refractivity contribution >= 4 is 21.9 Å². The molecule has 1 atom stereocenters. The third kappa shape index (κ3) is 4.06. The van der Waals surface area contributed by atoms with Crippen molar-refractivity contribution in [2.24, 2.45) is 5.92 Å². The fourth-order valence-corrected chi connectivity index (χ4v) is 3.37. The number of carbonyl (C=O) groups is 1. The zero-order valence-electron chi connectivity index (χ0n) is 11.9. The Balaban J connectivity index is 1.96. The number of hydrogen-bond acceptors (Lipinski definition) is 2. The van der Waals surface area contributed by atoms with Crippen molar-refractivity contribution in [2.45, 2.75) is 38.6 Å². The maximum absolute atomic E-state index is 10.8. The molecule has 110 valence electrons. The van der Waals surface area contributed by atoms with Gasteiger partial charge >= 0.3 is 5.97 Å². The van der Waals surface area contributed by atoms with E-state index >= 15 is 0 Å². The van der Waals surface area contributed by atoms with Crippen molar-refractivity contribution in [3.8, 4) is 0 Å². The van der Waals surface area contributed by atoms with Crippen LogP contribution in [0.25, 0.3) is 0 Å². The maximum Gasteiger partial charge on any atom is 0.303 e. The Morgan fingerprint density at radius 3 is 2.45 bits per heavy atom. The maximum atomic E-state index is 10.8. The molecule has 0 aliphatic carbocycles. The molecule has 1 aliphatic heterocycles. The van der Waals surface area contributed by atoms with Crippen LogP contribution in [0.1, 0.15) is 44.2 Å². The Morgan fingerprint density at radius 1 is 1.35 bits per heavy atom. The molecule has 4 heteroatoms. The molecule has 3 nitrogen and oxygen atoms in total. The van der Waals surface area contributed by atoms with E-state index in [-0.39, 0.29) is 0 Å². The van der Waals surface area contributed by atoms with Crippen LogP contribution in [0.15, 0.2) is 28.7 Å². The highest BCUT2D eigenvalue weighted by Crippen LogP contribution is 2.30. The van der Waals surface area contributed by atoms with Gasteiger partial charge < -0.3 is 5.11 Å². The Bertz CT molecular complexity index is 438. The zero-order valence-corrected chi connectivity index (χ0v) is 13.5. The average molecular weight is 340 g/mol. The van der Waals surface area contributed by atoms with Crippen molar-refractivity contribution in [2.75, 3.05) is 13.1 Å². The smallest absolute Gasteiger partial charge is 0.303 e. The average Bonchev–Trinajstić information content (AvgIpc) is 2.43. The summed E-state index contributed by atoms with van der Waals surface area (Å²) in [5.74, 6) is -0.311. The highest BCUT2D eigenvalue weighted by molar-refractivity contribution is 9.10. The molecule has 2 rings (SSSR count). The summed E-state index contributed by atoms with van der Waals surface area (Å²) in [5.41, 5.74) is 1.35. The Morgan fingerprint density at radius 2 is 1.95 bits per heavy atom. The minimum atomic E-state index is -0.664. The number of piperidine rings is 1. The number of rotatable bonds is 5. The van der Waals surface area contributed by atoms with Crippen LogP contribution in [0.4, 0.5) is 0 Å². The van der Waals surface area contributed by atoms with Crippen LogP contribution in [0.2, 0.25) is 0 Å². The minimum absolute atomic E-state index is 0.322. The van der Waals surface area contributed by atoms with Crippen LogP contribution in [0.3, 0.4) is 0 Å². The molecule has 1 unspecified atom stereocenters. The van der Waals surface area contributed by atoms with Gasteiger partial charge in [-0.15, -0.1) is 0 Å². The predicted octanol–water partition coefficient (Wildman–Crippen LogP) is 4.09.